The molecule has 1 aliphatic rings. The van der Waals surface area contributed by atoms with E-state index in [1.807, 2.05) is 20.8 Å². The second kappa shape index (κ2) is 9.81. The number of nitrogens with zero attached hydrogens (tertiary/aromatic N) is 1. The van der Waals surface area contributed by atoms with E-state index in [9.17, 15) is 18.0 Å². The van der Waals surface area contributed by atoms with Gasteiger partial charge in [0.15, 0.2) is 0 Å². The van der Waals surface area contributed by atoms with Crippen LogP contribution in [0.1, 0.15) is 36.7 Å². The molecule has 2 amide bonds. The van der Waals surface area contributed by atoms with E-state index in [0.29, 0.717) is 37.6 Å². The molecule has 1 fully saturated rings. The molecular weight excluding hydrogens is 430 g/mol. The Bertz CT molecular complexity index is 1070. The fourth-order valence-electron chi connectivity index (χ4n) is 3.06. The second-order valence-electron chi connectivity index (χ2n) is 8.63. The molecule has 3 rings (SSSR count). The summed E-state index contributed by atoms with van der Waals surface area (Å²) >= 11 is 0. The molecule has 1 heterocycles. The van der Waals surface area contributed by atoms with Gasteiger partial charge in [0.1, 0.15) is 0 Å². The molecule has 0 atom stereocenters. The van der Waals surface area contributed by atoms with Crippen LogP contribution in [-0.4, -0.2) is 50.8 Å². The highest BCUT2D eigenvalue weighted by atomic mass is 32.2. The Hall–Kier alpha value is -2.75. The van der Waals surface area contributed by atoms with Gasteiger partial charge >= 0.3 is 0 Å². The van der Waals surface area contributed by atoms with Crippen LogP contribution in [0.15, 0.2) is 53.4 Å². The number of hydrogen-bond donors (Lipinski definition) is 2. The number of carbonyl (C=O) groups excluding carboxylic acids is 2. The summed E-state index contributed by atoms with van der Waals surface area (Å²) < 4.78 is 32.0. The maximum atomic E-state index is 12.7. The first-order valence-electron chi connectivity index (χ1n) is 10.4. The van der Waals surface area contributed by atoms with Gasteiger partial charge in [-0.15, -0.1) is 0 Å². The predicted molar refractivity (Wildman–Crippen MR) is 122 cm³/mol. The first kappa shape index (κ1) is 23.9. The molecule has 172 valence electrons. The predicted octanol–water partition coefficient (Wildman–Crippen LogP) is 2.62. The number of sulfonamides is 1. The van der Waals surface area contributed by atoms with E-state index >= 15 is 0 Å². The molecule has 0 aromatic heterocycles. The van der Waals surface area contributed by atoms with Crippen LogP contribution in [-0.2, 0) is 26.1 Å². The summed E-state index contributed by atoms with van der Waals surface area (Å²) in [7, 11) is -3.55. The number of nitrogens with one attached hydrogen (secondary N) is 2. The van der Waals surface area contributed by atoms with Crippen molar-refractivity contribution in [1.82, 2.24) is 9.62 Å². The van der Waals surface area contributed by atoms with Gasteiger partial charge in [0.05, 0.1) is 18.1 Å². The molecule has 0 aliphatic carbocycles. The average Bonchev–Trinajstić information content (AvgIpc) is 2.78. The highest BCUT2D eigenvalue weighted by Crippen LogP contribution is 2.19. The smallest absolute Gasteiger partial charge is 0.251 e. The van der Waals surface area contributed by atoms with Crippen LogP contribution >= 0.6 is 0 Å². The van der Waals surface area contributed by atoms with Gasteiger partial charge in [-0.05, 0) is 35.9 Å². The van der Waals surface area contributed by atoms with Crippen LogP contribution < -0.4 is 10.6 Å². The highest BCUT2D eigenvalue weighted by Gasteiger charge is 2.26. The van der Waals surface area contributed by atoms with Crippen molar-refractivity contribution < 1.29 is 22.7 Å². The van der Waals surface area contributed by atoms with Crippen molar-refractivity contribution in [3.63, 3.8) is 0 Å². The Morgan fingerprint density at radius 2 is 1.69 bits per heavy atom. The van der Waals surface area contributed by atoms with Crippen molar-refractivity contribution in [1.29, 1.82) is 0 Å². The molecule has 1 saturated heterocycles. The minimum absolute atomic E-state index is 0.137. The largest absolute Gasteiger partial charge is 0.379 e. The zero-order valence-electron chi connectivity index (χ0n) is 18.6. The molecule has 0 unspecified atom stereocenters. The summed E-state index contributed by atoms with van der Waals surface area (Å²) in [6, 6.07) is 13.2. The van der Waals surface area contributed by atoms with Crippen molar-refractivity contribution in [2.75, 3.05) is 31.6 Å². The fourth-order valence-corrected chi connectivity index (χ4v) is 4.46. The molecular formula is C23H29N3O5S. The summed E-state index contributed by atoms with van der Waals surface area (Å²) in [5.41, 5.74) is 1.20. The van der Waals surface area contributed by atoms with Crippen molar-refractivity contribution >= 4 is 27.5 Å². The topological polar surface area (TPSA) is 105 Å². The molecule has 1 aliphatic heterocycles. The summed E-state index contributed by atoms with van der Waals surface area (Å²) in [6.07, 6.45) is 0. The number of anilines is 1. The molecule has 0 spiro atoms. The van der Waals surface area contributed by atoms with Gasteiger partial charge < -0.3 is 15.4 Å². The van der Waals surface area contributed by atoms with E-state index in [1.165, 1.54) is 4.31 Å². The van der Waals surface area contributed by atoms with Crippen molar-refractivity contribution in [2.45, 2.75) is 32.2 Å². The Labute approximate surface area is 189 Å². The van der Waals surface area contributed by atoms with E-state index in [0.717, 1.165) is 5.56 Å². The van der Waals surface area contributed by atoms with Crippen molar-refractivity contribution in [3.05, 3.63) is 59.7 Å². The third kappa shape index (κ3) is 5.93. The third-order valence-corrected chi connectivity index (χ3v) is 6.96. The van der Waals surface area contributed by atoms with Gasteiger partial charge in [-0.2, -0.15) is 4.31 Å². The van der Waals surface area contributed by atoms with Gasteiger partial charge in [-0.3, -0.25) is 9.59 Å². The summed E-state index contributed by atoms with van der Waals surface area (Å²) in [6.45, 7) is 7.16. The first-order valence-corrected chi connectivity index (χ1v) is 11.9. The highest BCUT2D eigenvalue weighted by molar-refractivity contribution is 7.89. The van der Waals surface area contributed by atoms with Gasteiger partial charge in [-0.1, -0.05) is 39.0 Å². The lowest BCUT2D eigenvalue weighted by atomic mass is 9.95. The van der Waals surface area contributed by atoms with Crippen LogP contribution in [0.2, 0.25) is 0 Å². The van der Waals surface area contributed by atoms with Crippen LogP contribution in [0.5, 0.6) is 0 Å². The van der Waals surface area contributed by atoms with E-state index in [4.69, 9.17) is 4.74 Å². The summed E-state index contributed by atoms with van der Waals surface area (Å²) in [5.74, 6) is -0.427. The zero-order valence-corrected chi connectivity index (χ0v) is 19.4. The molecule has 0 radical (unpaired) electrons. The number of morpholine rings is 1. The van der Waals surface area contributed by atoms with E-state index in [-0.39, 0.29) is 23.3 Å². The third-order valence-electron chi connectivity index (χ3n) is 5.05. The Morgan fingerprint density at radius 1 is 1.03 bits per heavy atom. The molecule has 0 bridgehead atoms. The minimum atomic E-state index is -3.55. The molecule has 0 saturated carbocycles. The number of rotatable bonds is 6. The first-order chi connectivity index (χ1) is 15.1. The monoisotopic (exact) mass is 459 g/mol. The molecule has 2 aromatic carbocycles. The van der Waals surface area contributed by atoms with Crippen LogP contribution in [0.3, 0.4) is 0 Å². The number of ether oxygens (including phenoxy) is 1. The Balaban J connectivity index is 1.60. The minimum Gasteiger partial charge on any atom is -0.379 e. The van der Waals surface area contributed by atoms with E-state index in [1.54, 1.807) is 48.5 Å². The maximum absolute atomic E-state index is 12.7. The van der Waals surface area contributed by atoms with E-state index < -0.39 is 15.4 Å². The number of carbonyl (C=O) groups is 2. The van der Waals surface area contributed by atoms with E-state index in [2.05, 4.69) is 10.6 Å². The lowest BCUT2D eigenvalue weighted by Crippen LogP contribution is -2.40. The van der Waals surface area contributed by atoms with Crippen LogP contribution in [0.25, 0.3) is 0 Å². The number of amides is 2. The zero-order chi connectivity index (χ0) is 23.4. The maximum Gasteiger partial charge on any atom is 0.251 e. The van der Waals surface area contributed by atoms with Crippen molar-refractivity contribution in [3.8, 4) is 0 Å². The standard InChI is InChI=1S/C23H29N3O5S/c1-23(2,3)22(28)25-19-6-4-5-18(15-19)21(27)24-16-17-7-9-20(10-8-17)32(29,30)26-11-13-31-14-12-26/h4-10,15H,11-14,16H2,1-3H3,(H,24,27)(H,25,28). The molecule has 9 heteroatoms. The quantitative estimate of drug-likeness (QED) is 0.691. The van der Waals surface area contributed by atoms with Gasteiger partial charge in [-0.25, -0.2) is 8.42 Å². The second-order valence-corrected chi connectivity index (χ2v) is 10.6. The molecule has 32 heavy (non-hydrogen) atoms. The SMILES string of the molecule is CC(C)(C)C(=O)Nc1cccc(C(=O)NCc2ccc(S(=O)(=O)N3CCOCC3)cc2)c1. The Morgan fingerprint density at radius 3 is 2.31 bits per heavy atom. The van der Waals surface area contributed by atoms with Gasteiger partial charge in [0, 0.05) is 36.3 Å². The van der Waals surface area contributed by atoms with Gasteiger partial charge in [0.2, 0.25) is 15.9 Å². The molecule has 8 nitrogen and oxygen atoms in total. The fraction of sp³-hybridized carbons (Fsp3) is 0.391. The molecule has 2 N–H and O–H groups in total. The normalized spacial score (nSPS) is 15.2. The Kier molecular flexibility index (Phi) is 7.33. The van der Waals surface area contributed by atoms with Crippen LogP contribution in [0, 0.1) is 5.41 Å². The summed E-state index contributed by atoms with van der Waals surface area (Å²) in [5, 5.41) is 5.63. The lowest BCUT2D eigenvalue weighted by Gasteiger charge is -2.26. The summed E-state index contributed by atoms with van der Waals surface area (Å²) in [4.78, 5) is 24.9. The number of hydrogen-bond acceptors (Lipinski definition) is 5. The lowest BCUT2D eigenvalue weighted by molar-refractivity contribution is -0.123. The van der Waals surface area contributed by atoms with Crippen LogP contribution in [0.4, 0.5) is 5.69 Å². The molecule has 2 aromatic rings. The number of benzene rings is 2. The van der Waals surface area contributed by atoms with Gasteiger partial charge in [0.25, 0.3) is 5.91 Å². The van der Waals surface area contributed by atoms with Crippen molar-refractivity contribution in [2.24, 2.45) is 5.41 Å². The average molecular weight is 460 g/mol.